The summed E-state index contributed by atoms with van der Waals surface area (Å²) in [7, 11) is 0. The highest BCUT2D eigenvalue weighted by Gasteiger charge is 2.43. The maximum absolute atomic E-state index is 13.4. The minimum atomic E-state index is -0.173. The Morgan fingerprint density at radius 3 is 2.48 bits per heavy atom. The number of rotatable bonds is 7. The predicted molar refractivity (Wildman–Crippen MR) is 113 cm³/mol. The SMILES string of the molecule is CCOc1ccc(C2=C(SCc3ccco3)C(=O)N(C3CCCCC3)C2=O)cc1. The van der Waals surface area contributed by atoms with Gasteiger partial charge >= 0.3 is 0 Å². The molecule has 6 heteroatoms. The summed E-state index contributed by atoms with van der Waals surface area (Å²) >= 11 is 1.38. The molecule has 2 aromatic rings. The van der Waals surface area contributed by atoms with Crippen molar-refractivity contribution >= 4 is 29.1 Å². The van der Waals surface area contributed by atoms with Crippen LogP contribution < -0.4 is 4.74 Å². The van der Waals surface area contributed by atoms with E-state index in [9.17, 15) is 9.59 Å². The van der Waals surface area contributed by atoms with Crippen LogP contribution in [0.2, 0.25) is 0 Å². The van der Waals surface area contributed by atoms with Crippen molar-refractivity contribution in [3.8, 4) is 5.75 Å². The number of ether oxygens (including phenoxy) is 1. The fourth-order valence-electron chi connectivity index (χ4n) is 4.01. The van der Waals surface area contributed by atoms with Gasteiger partial charge in [-0.3, -0.25) is 14.5 Å². The fourth-order valence-corrected chi connectivity index (χ4v) is 5.03. The van der Waals surface area contributed by atoms with E-state index in [1.54, 1.807) is 6.26 Å². The first kappa shape index (κ1) is 19.8. The van der Waals surface area contributed by atoms with E-state index in [-0.39, 0.29) is 17.9 Å². The number of hydrogen-bond acceptors (Lipinski definition) is 5. The molecule has 2 amide bonds. The molecule has 152 valence electrons. The van der Waals surface area contributed by atoms with Gasteiger partial charge in [-0.1, -0.05) is 31.4 Å². The lowest BCUT2D eigenvalue weighted by Crippen LogP contribution is -2.42. The van der Waals surface area contributed by atoms with Gasteiger partial charge in [-0.15, -0.1) is 11.8 Å². The zero-order valence-electron chi connectivity index (χ0n) is 16.6. The van der Waals surface area contributed by atoms with Crippen LogP contribution >= 0.6 is 11.8 Å². The molecule has 0 spiro atoms. The van der Waals surface area contributed by atoms with Gasteiger partial charge in [0.25, 0.3) is 11.8 Å². The first-order valence-corrected chi connectivity index (χ1v) is 11.2. The second-order valence-electron chi connectivity index (χ2n) is 7.30. The second-order valence-corrected chi connectivity index (χ2v) is 8.29. The van der Waals surface area contributed by atoms with Gasteiger partial charge in [0.05, 0.1) is 29.1 Å². The van der Waals surface area contributed by atoms with Crippen molar-refractivity contribution in [3.63, 3.8) is 0 Å². The summed E-state index contributed by atoms with van der Waals surface area (Å²) in [6.45, 7) is 2.51. The number of imide groups is 1. The molecule has 2 aliphatic rings. The van der Waals surface area contributed by atoms with E-state index in [4.69, 9.17) is 9.15 Å². The van der Waals surface area contributed by atoms with Crippen LogP contribution in [0.1, 0.15) is 50.4 Å². The van der Waals surface area contributed by atoms with Crippen LogP contribution in [0.5, 0.6) is 5.75 Å². The molecular weight excluding hydrogens is 386 g/mol. The molecule has 29 heavy (non-hydrogen) atoms. The summed E-state index contributed by atoms with van der Waals surface area (Å²) in [6, 6.07) is 11.1. The third-order valence-electron chi connectivity index (χ3n) is 5.41. The smallest absolute Gasteiger partial charge is 0.268 e. The maximum atomic E-state index is 13.4. The third kappa shape index (κ3) is 4.13. The molecule has 1 aromatic carbocycles. The van der Waals surface area contributed by atoms with E-state index in [0.717, 1.165) is 42.8 Å². The number of nitrogens with zero attached hydrogens (tertiary/aromatic N) is 1. The average molecular weight is 412 g/mol. The van der Waals surface area contributed by atoms with Gasteiger partial charge in [-0.05, 0) is 49.6 Å². The van der Waals surface area contributed by atoms with Gasteiger partial charge in [0, 0.05) is 6.04 Å². The van der Waals surface area contributed by atoms with E-state index in [0.29, 0.717) is 22.8 Å². The van der Waals surface area contributed by atoms with Crippen molar-refractivity contribution in [1.29, 1.82) is 0 Å². The van der Waals surface area contributed by atoms with Crippen LogP contribution in [-0.4, -0.2) is 29.4 Å². The van der Waals surface area contributed by atoms with Crippen molar-refractivity contribution in [2.24, 2.45) is 0 Å². The molecule has 1 aliphatic carbocycles. The number of carbonyl (C=O) groups excluding carboxylic acids is 2. The number of carbonyl (C=O) groups is 2. The molecule has 0 bridgehead atoms. The van der Waals surface area contributed by atoms with Crippen molar-refractivity contribution < 1.29 is 18.7 Å². The molecule has 1 aliphatic heterocycles. The van der Waals surface area contributed by atoms with Gasteiger partial charge in [-0.2, -0.15) is 0 Å². The summed E-state index contributed by atoms with van der Waals surface area (Å²) < 4.78 is 10.9. The summed E-state index contributed by atoms with van der Waals surface area (Å²) in [4.78, 5) is 28.7. The van der Waals surface area contributed by atoms with Crippen LogP contribution in [-0.2, 0) is 15.3 Å². The number of thioether (sulfide) groups is 1. The van der Waals surface area contributed by atoms with Gasteiger partial charge in [0.15, 0.2) is 0 Å². The minimum absolute atomic E-state index is 0.00293. The number of amides is 2. The monoisotopic (exact) mass is 411 g/mol. The van der Waals surface area contributed by atoms with Crippen molar-refractivity contribution in [2.75, 3.05) is 6.61 Å². The van der Waals surface area contributed by atoms with Crippen LogP contribution in [0, 0.1) is 0 Å². The topological polar surface area (TPSA) is 59.8 Å². The highest BCUT2D eigenvalue weighted by atomic mass is 32.2. The Balaban J connectivity index is 1.66. The standard InChI is InChI=1S/C23H25NO4S/c1-2-27-18-12-10-16(11-13-18)20-21(29-15-19-9-6-14-28-19)23(26)24(22(20)25)17-7-4-3-5-8-17/h6,9-14,17H,2-5,7-8,15H2,1H3. The van der Waals surface area contributed by atoms with Crippen LogP contribution in [0.3, 0.4) is 0 Å². The van der Waals surface area contributed by atoms with Crippen molar-refractivity contribution in [3.05, 3.63) is 58.9 Å². The predicted octanol–water partition coefficient (Wildman–Crippen LogP) is 5.02. The molecule has 2 heterocycles. The normalized spacial score (nSPS) is 18.0. The molecule has 5 nitrogen and oxygen atoms in total. The van der Waals surface area contributed by atoms with Crippen molar-refractivity contribution in [2.45, 2.75) is 50.8 Å². The van der Waals surface area contributed by atoms with Crippen LogP contribution in [0.25, 0.3) is 5.57 Å². The van der Waals surface area contributed by atoms with E-state index in [2.05, 4.69) is 0 Å². The highest BCUT2D eigenvalue weighted by molar-refractivity contribution is 8.03. The Hall–Kier alpha value is -2.47. The zero-order valence-corrected chi connectivity index (χ0v) is 17.4. The lowest BCUT2D eigenvalue weighted by Gasteiger charge is -2.29. The third-order valence-corrected chi connectivity index (χ3v) is 6.50. The lowest BCUT2D eigenvalue weighted by molar-refractivity contribution is -0.139. The Morgan fingerprint density at radius 1 is 1.07 bits per heavy atom. The molecule has 0 unspecified atom stereocenters. The molecule has 0 saturated heterocycles. The van der Waals surface area contributed by atoms with E-state index in [1.807, 2.05) is 43.3 Å². The molecule has 4 rings (SSSR count). The number of benzene rings is 1. The molecule has 1 saturated carbocycles. The maximum Gasteiger partial charge on any atom is 0.268 e. The summed E-state index contributed by atoms with van der Waals surface area (Å²) in [5, 5.41) is 0. The molecule has 0 N–H and O–H groups in total. The second kappa shape index (κ2) is 8.91. The zero-order chi connectivity index (χ0) is 20.2. The Bertz CT molecular complexity index is 895. The summed E-state index contributed by atoms with van der Waals surface area (Å²) in [5.74, 6) is 1.71. The van der Waals surface area contributed by atoms with Crippen LogP contribution in [0.4, 0.5) is 0 Å². The lowest BCUT2D eigenvalue weighted by atomic mass is 9.94. The van der Waals surface area contributed by atoms with Gasteiger partial charge in [-0.25, -0.2) is 0 Å². The van der Waals surface area contributed by atoms with Gasteiger partial charge < -0.3 is 9.15 Å². The first-order chi connectivity index (χ1) is 14.2. The Labute approximate surface area is 175 Å². The van der Waals surface area contributed by atoms with Crippen LogP contribution in [0.15, 0.2) is 52.0 Å². The first-order valence-electron chi connectivity index (χ1n) is 10.2. The van der Waals surface area contributed by atoms with Gasteiger partial charge in [0.1, 0.15) is 11.5 Å². The average Bonchev–Trinajstić information content (AvgIpc) is 3.34. The van der Waals surface area contributed by atoms with E-state index in [1.165, 1.54) is 23.1 Å². The molecule has 1 aromatic heterocycles. The highest BCUT2D eigenvalue weighted by Crippen LogP contribution is 2.40. The molecule has 1 fully saturated rings. The van der Waals surface area contributed by atoms with E-state index >= 15 is 0 Å². The minimum Gasteiger partial charge on any atom is -0.494 e. The van der Waals surface area contributed by atoms with Gasteiger partial charge in [0.2, 0.25) is 0 Å². The Morgan fingerprint density at radius 2 is 1.83 bits per heavy atom. The summed E-state index contributed by atoms with van der Waals surface area (Å²) in [5.41, 5.74) is 1.26. The van der Waals surface area contributed by atoms with Crippen molar-refractivity contribution in [1.82, 2.24) is 4.90 Å². The molecule has 0 radical (unpaired) electrons. The quantitative estimate of drug-likeness (QED) is 0.599. The molecular formula is C23H25NO4S. The summed E-state index contributed by atoms with van der Waals surface area (Å²) in [6.07, 6.45) is 6.71. The van der Waals surface area contributed by atoms with E-state index < -0.39 is 0 Å². The molecule has 0 atom stereocenters. The number of furan rings is 1. The Kier molecular flexibility index (Phi) is 6.09. The fraction of sp³-hybridized carbons (Fsp3) is 0.391. The number of hydrogen-bond donors (Lipinski definition) is 0. The largest absolute Gasteiger partial charge is 0.494 e.